The van der Waals surface area contributed by atoms with Crippen LogP contribution in [0.5, 0.6) is 0 Å². The van der Waals surface area contributed by atoms with Crippen molar-refractivity contribution >= 4 is 65.8 Å². The van der Waals surface area contributed by atoms with Gasteiger partial charge in [0.25, 0.3) is 5.56 Å². The summed E-state index contributed by atoms with van der Waals surface area (Å²) < 4.78 is 3.06. The van der Waals surface area contributed by atoms with Gasteiger partial charge < -0.3 is 0 Å². The van der Waals surface area contributed by atoms with E-state index in [9.17, 15) is 4.79 Å². The lowest BCUT2D eigenvalue weighted by Crippen LogP contribution is -2.22. The minimum Gasteiger partial charge on any atom is -0.267 e. The Kier molecular flexibility index (Phi) is 5.12. The molecule has 0 radical (unpaired) electrons. The van der Waals surface area contributed by atoms with E-state index in [1.54, 1.807) is 24.3 Å². The summed E-state index contributed by atoms with van der Waals surface area (Å²) in [5, 5.41) is 6.64. The third-order valence-corrected chi connectivity index (χ3v) is 5.62. The van der Waals surface area contributed by atoms with E-state index in [2.05, 4.69) is 37.0 Å². The second-order valence-corrected chi connectivity index (χ2v) is 8.49. The largest absolute Gasteiger partial charge is 0.279 e. The number of benzene rings is 3. The average Bonchev–Trinajstić information content (AvgIpc) is 2.62. The molecule has 0 saturated heterocycles. The van der Waals surface area contributed by atoms with Gasteiger partial charge >= 0.3 is 0 Å². The second kappa shape index (κ2) is 7.40. The van der Waals surface area contributed by atoms with Crippen molar-refractivity contribution in [3.63, 3.8) is 0 Å². The maximum atomic E-state index is 13.1. The monoisotopic (exact) mass is 522 g/mol. The zero-order chi connectivity index (χ0) is 19.1. The van der Waals surface area contributed by atoms with Gasteiger partial charge in [0.2, 0.25) is 0 Å². The first-order valence-electron chi connectivity index (χ1n) is 7.88. The number of para-hydroxylation sites is 1. The third kappa shape index (κ3) is 3.45. The molecule has 0 N–H and O–H groups in total. The Morgan fingerprint density at radius 3 is 2.04 bits per heavy atom. The SMILES string of the molecule is O=c1c2ccccc2c(-c2cc(Br)cc(Br)c2)nn1-c1c(Cl)cccc1Cl. The van der Waals surface area contributed by atoms with Gasteiger partial charge in [0.15, 0.2) is 0 Å². The van der Waals surface area contributed by atoms with Crippen LogP contribution in [0, 0.1) is 0 Å². The lowest BCUT2D eigenvalue weighted by Gasteiger charge is -2.14. The number of nitrogens with zero attached hydrogens (tertiary/aromatic N) is 2. The first-order valence-corrected chi connectivity index (χ1v) is 10.2. The van der Waals surface area contributed by atoms with Crippen molar-refractivity contribution in [2.45, 2.75) is 0 Å². The van der Waals surface area contributed by atoms with E-state index in [0.717, 1.165) is 19.9 Å². The molecule has 1 aromatic heterocycles. The number of aromatic nitrogens is 2. The molecule has 4 rings (SSSR count). The van der Waals surface area contributed by atoms with Crippen molar-refractivity contribution in [2.75, 3.05) is 0 Å². The molecule has 0 spiro atoms. The van der Waals surface area contributed by atoms with Crippen LogP contribution in [0.25, 0.3) is 27.7 Å². The lowest BCUT2D eigenvalue weighted by molar-refractivity contribution is 0.826. The van der Waals surface area contributed by atoms with Crippen LogP contribution in [0.4, 0.5) is 0 Å². The molecule has 0 bridgehead atoms. The fraction of sp³-hybridized carbons (Fsp3) is 0. The van der Waals surface area contributed by atoms with Crippen molar-refractivity contribution in [3.8, 4) is 16.9 Å². The molecule has 3 aromatic carbocycles. The van der Waals surface area contributed by atoms with Gasteiger partial charge in [-0.1, -0.05) is 79.3 Å². The Bertz CT molecular complexity index is 1210. The summed E-state index contributed by atoms with van der Waals surface area (Å²) in [7, 11) is 0. The van der Waals surface area contributed by atoms with Gasteiger partial charge in [-0.15, -0.1) is 0 Å². The van der Waals surface area contributed by atoms with E-state index in [-0.39, 0.29) is 5.56 Å². The fourth-order valence-electron chi connectivity index (χ4n) is 2.94. The molecule has 0 fully saturated rings. The Morgan fingerprint density at radius 2 is 1.41 bits per heavy atom. The van der Waals surface area contributed by atoms with E-state index in [1.807, 2.05) is 36.4 Å². The highest BCUT2D eigenvalue weighted by Gasteiger charge is 2.17. The quantitative estimate of drug-likeness (QED) is 0.286. The highest BCUT2D eigenvalue weighted by Crippen LogP contribution is 2.32. The Hall–Kier alpha value is -1.66. The maximum absolute atomic E-state index is 13.1. The highest BCUT2D eigenvalue weighted by molar-refractivity contribution is 9.11. The van der Waals surface area contributed by atoms with Crippen LogP contribution < -0.4 is 5.56 Å². The molecule has 0 aliphatic heterocycles. The summed E-state index contributed by atoms with van der Waals surface area (Å²) in [6.07, 6.45) is 0. The number of halogens is 4. The summed E-state index contributed by atoms with van der Waals surface area (Å²) in [4.78, 5) is 13.1. The van der Waals surface area contributed by atoms with E-state index in [0.29, 0.717) is 26.8 Å². The lowest BCUT2D eigenvalue weighted by atomic mass is 10.1. The van der Waals surface area contributed by atoms with Crippen molar-refractivity contribution < 1.29 is 0 Å². The Labute approximate surface area is 181 Å². The van der Waals surface area contributed by atoms with E-state index >= 15 is 0 Å². The normalized spacial score (nSPS) is 11.1. The predicted molar refractivity (Wildman–Crippen MR) is 118 cm³/mol. The molecular weight excluding hydrogens is 515 g/mol. The number of rotatable bonds is 2. The van der Waals surface area contributed by atoms with Crippen molar-refractivity contribution in [1.29, 1.82) is 0 Å². The van der Waals surface area contributed by atoms with Gasteiger partial charge in [0, 0.05) is 19.9 Å². The first-order chi connectivity index (χ1) is 13.0. The molecule has 27 heavy (non-hydrogen) atoms. The third-order valence-electron chi connectivity index (χ3n) is 4.09. The minimum absolute atomic E-state index is 0.279. The topological polar surface area (TPSA) is 34.9 Å². The predicted octanol–water partition coefficient (Wildman–Crippen LogP) is 6.88. The van der Waals surface area contributed by atoms with Crippen LogP contribution in [0.15, 0.2) is 74.4 Å². The summed E-state index contributed by atoms with van der Waals surface area (Å²) in [6.45, 7) is 0. The van der Waals surface area contributed by atoms with Gasteiger partial charge in [0.1, 0.15) is 5.69 Å². The average molecular weight is 525 g/mol. The Balaban J connectivity index is 2.14. The summed E-state index contributed by atoms with van der Waals surface area (Å²) >= 11 is 19.7. The van der Waals surface area contributed by atoms with Crippen LogP contribution in [0.2, 0.25) is 10.0 Å². The molecule has 0 aliphatic carbocycles. The van der Waals surface area contributed by atoms with Gasteiger partial charge in [-0.3, -0.25) is 4.79 Å². The zero-order valence-corrected chi connectivity index (χ0v) is 18.3. The summed E-state index contributed by atoms with van der Waals surface area (Å²) in [5.41, 5.74) is 1.60. The molecular formula is C20H10Br2Cl2N2O. The van der Waals surface area contributed by atoms with Gasteiger partial charge in [0.05, 0.1) is 21.1 Å². The minimum atomic E-state index is -0.279. The van der Waals surface area contributed by atoms with E-state index in [1.165, 1.54) is 4.68 Å². The second-order valence-electron chi connectivity index (χ2n) is 5.84. The number of fused-ring (bicyclic) bond motifs is 1. The van der Waals surface area contributed by atoms with Crippen LogP contribution >= 0.6 is 55.1 Å². The summed E-state index contributed by atoms with van der Waals surface area (Å²) in [6, 6.07) is 18.3. The van der Waals surface area contributed by atoms with Crippen LogP contribution in [-0.2, 0) is 0 Å². The molecule has 4 aromatic rings. The van der Waals surface area contributed by atoms with Crippen LogP contribution in [0.3, 0.4) is 0 Å². The molecule has 3 nitrogen and oxygen atoms in total. The zero-order valence-electron chi connectivity index (χ0n) is 13.6. The highest BCUT2D eigenvalue weighted by atomic mass is 79.9. The number of hydrogen-bond acceptors (Lipinski definition) is 2. The maximum Gasteiger partial charge on any atom is 0.279 e. The van der Waals surface area contributed by atoms with Gasteiger partial charge in [-0.2, -0.15) is 9.78 Å². The standard InChI is InChI=1S/C20H10Br2Cl2N2O/c21-12-8-11(9-13(22)10-12)18-14-4-1-2-5-15(14)20(27)26(25-18)19-16(23)6-3-7-17(19)24/h1-10H. The molecule has 134 valence electrons. The molecule has 1 heterocycles. The number of hydrogen-bond donors (Lipinski definition) is 0. The molecule has 7 heteroatoms. The molecule has 0 amide bonds. The molecule has 0 unspecified atom stereocenters. The molecule has 0 atom stereocenters. The van der Waals surface area contributed by atoms with E-state index < -0.39 is 0 Å². The van der Waals surface area contributed by atoms with Crippen LogP contribution in [-0.4, -0.2) is 9.78 Å². The van der Waals surface area contributed by atoms with Gasteiger partial charge in [-0.05, 0) is 36.4 Å². The summed E-state index contributed by atoms with van der Waals surface area (Å²) in [5.74, 6) is 0. The Morgan fingerprint density at radius 1 is 0.815 bits per heavy atom. The smallest absolute Gasteiger partial charge is 0.267 e. The van der Waals surface area contributed by atoms with E-state index in [4.69, 9.17) is 23.2 Å². The first kappa shape index (κ1) is 18.7. The molecule has 0 saturated carbocycles. The van der Waals surface area contributed by atoms with Crippen molar-refractivity contribution in [1.82, 2.24) is 9.78 Å². The fourth-order valence-corrected chi connectivity index (χ4v) is 4.79. The van der Waals surface area contributed by atoms with Crippen molar-refractivity contribution in [2.24, 2.45) is 0 Å². The van der Waals surface area contributed by atoms with Crippen molar-refractivity contribution in [3.05, 3.63) is 90.0 Å². The van der Waals surface area contributed by atoms with Gasteiger partial charge in [-0.25, -0.2) is 0 Å². The molecule has 0 aliphatic rings. The van der Waals surface area contributed by atoms with Crippen LogP contribution in [0.1, 0.15) is 0 Å².